The molecule has 1 rings (SSSR count). The highest BCUT2D eigenvalue weighted by Crippen LogP contribution is 2.14. The van der Waals surface area contributed by atoms with Crippen LogP contribution in [-0.4, -0.2) is 40.9 Å². The lowest BCUT2D eigenvalue weighted by atomic mass is 9.97. The second-order valence-electron chi connectivity index (χ2n) is 5.07. The molecule has 3 atom stereocenters. The summed E-state index contributed by atoms with van der Waals surface area (Å²) < 4.78 is 5.17. The zero-order valence-electron chi connectivity index (χ0n) is 13.0. The summed E-state index contributed by atoms with van der Waals surface area (Å²) >= 11 is 0. The van der Waals surface area contributed by atoms with E-state index in [4.69, 9.17) is 4.74 Å². The van der Waals surface area contributed by atoms with E-state index in [9.17, 15) is 5.11 Å². The third-order valence-electron chi connectivity index (χ3n) is 3.23. The third-order valence-corrected chi connectivity index (χ3v) is 3.23. The normalized spacial score (nSPS) is 16.3. The van der Waals surface area contributed by atoms with Crippen molar-refractivity contribution in [2.24, 2.45) is 5.92 Å². The highest BCUT2D eigenvalue weighted by Gasteiger charge is 2.20. The largest absolute Gasteiger partial charge is 0.389 e. The molecule has 116 valence electrons. The molecule has 5 heteroatoms. The number of nitrogens with zero attached hydrogens (tertiary/aromatic N) is 2. The van der Waals surface area contributed by atoms with Crippen LogP contribution < -0.4 is 5.32 Å². The highest BCUT2D eigenvalue weighted by molar-refractivity contribution is 5.06. The van der Waals surface area contributed by atoms with Crippen LogP contribution in [0, 0.1) is 5.92 Å². The first kappa shape index (κ1) is 17.5. The van der Waals surface area contributed by atoms with E-state index in [-0.39, 0.29) is 12.0 Å². The van der Waals surface area contributed by atoms with E-state index in [0.717, 1.165) is 17.9 Å². The molecule has 1 aromatic rings. The van der Waals surface area contributed by atoms with Crippen molar-refractivity contribution in [3.05, 3.63) is 48.6 Å². The molecule has 0 aliphatic heterocycles. The van der Waals surface area contributed by atoms with Crippen molar-refractivity contribution in [1.82, 2.24) is 15.3 Å². The van der Waals surface area contributed by atoms with E-state index in [2.05, 4.69) is 21.9 Å². The van der Waals surface area contributed by atoms with E-state index in [1.165, 1.54) is 0 Å². The molecule has 0 unspecified atom stereocenters. The summed E-state index contributed by atoms with van der Waals surface area (Å²) in [5.74, 6) is 0.757. The Morgan fingerprint density at radius 3 is 2.71 bits per heavy atom. The third kappa shape index (κ3) is 6.16. The molecule has 0 radical (unpaired) electrons. The van der Waals surface area contributed by atoms with Crippen LogP contribution >= 0.6 is 0 Å². The number of ether oxygens (including phenoxy) is 1. The van der Waals surface area contributed by atoms with E-state index in [1.54, 1.807) is 31.6 Å². The van der Waals surface area contributed by atoms with Crippen molar-refractivity contribution >= 4 is 0 Å². The second kappa shape index (κ2) is 9.39. The van der Waals surface area contributed by atoms with Crippen LogP contribution in [0.1, 0.15) is 19.7 Å². The Kier molecular flexibility index (Phi) is 7.82. The fourth-order valence-electron chi connectivity index (χ4n) is 2.07. The monoisotopic (exact) mass is 291 g/mol. The van der Waals surface area contributed by atoms with Crippen molar-refractivity contribution in [2.45, 2.75) is 32.6 Å². The molecule has 1 heterocycles. The van der Waals surface area contributed by atoms with Crippen molar-refractivity contribution in [3.8, 4) is 0 Å². The van der Waals surface area contributed by atoms with Gasteiger partial charge in [0.1, 0.15) is 11.9 Å². The Balaban J connectivity index is 2.43. The van der Waals surface area contributed by atoms with Crippen LogP contribution in [-0.2, 0) is 11.3 Å². The Labute approximate surface area is 126 Å². The smallest absolute Gasteiger partial charge is 0.141 e. The molecule has 0 fully saturated rings. The number of hydrogen-bond acceptors (Lipinski definition) is 5. The van der Waals surface area contributed by atoms with Crippen LogP contribution in [0.2, 0.25) is 0 Å². The zero-order valence-corrected chi connectivity index (χ0v) is 13.0. The summed E-state index contributed by atoms with van der Waals surface area (Å²) in [5.41, 5.74) is 1.15. The number of nitrogens with one attached hydrogen (secondary N) is 1. The van der Waals surface area contributed by atoms with Gasteiger partial charge in [0.25, 0.3) is 0 Å². The minimum Gasteiger partial charge on any atom is -0.389 e. The minimum absolute atomic E-state index is 0.0114. The predicted molar refractivity (Wildman–Crippen MR) is 83.7 cm³/mol. The minimum atomic E-state index is -0.597. The van der Waals surface area contributed by atoms with Crippen LogP contribution in [0.3, 0.4) is 0 Å². The summed E-state index contributed by atoms with van der Waals surface area (Å²) in [4.78, 5) is 8.30. The molecule has 0 saturated carbocycles. The number of aromatic nitrogens is 2. The fourth-order valence-corrected chi connectivity index (χ4v) is 2.07. The number of methoxy groups -OCH3 is 1. The van der Waals surface area contributed by atoms with Gasteiger partial charge in [-0.2, -0.15) is 0 Å². The van der Waals surface area contributed by atoms with Gasteiger partial charge in [0.15, 0.2) is 0 Å². The van der Waals surface area contributed by atoms with Gasteiger partial charge >= 0.3 is 0 Å². The van der Waals surface area contributed by atoms with Gasteiger partial charge in [0.05, 0.1) is 12.6 Å². The topological polar surface area (TPSA) is 67.3 Å². The lowest BCUT2D eigenvalue weighted by Gasteiger charge is -2.22. The number of hydrogen-bond donors (Lipinski definition) is 2. The molecule has 1 aromatic heterocycles. The van der Waals surface area contributed by atoms with E-state index < -0.39 is 6.10 Å². The SMILES string of the molecule is C=C[C@H](OC)[C@@H](O)[C@H](C)C=C(C)CNCc1ncccn1. The number of aliphatic hydroxyl groups excluding tert-OH is 1. The van der Waals surface area contributed by atoms with Crippen LogP contribution in [0.25, 0.3) is 0 Å². The van der Waals surface area contributed by atoms with Gasteiger partial charge in [-0.15, -0.1) is 6.58 Å². The maximum atomic E-state index is 10.1. The molecule has 21 heavy (non-hydrogen) atoms. The number of rotatable bonds is 9. The van der Waals surface area contributed by atoms with E-state index in [0.29, 0.717) is 6.54 Å². The maximum absolute atomic E-state index is 10.1. The Morgan fingerprint density at radius 2 is 2.14 bits per heavy atom. The summed E-state index contributed by atoms with van der Waals surface area (Å²) in [7, 11) is 1.57. The molecule has 0 aliphatic carbocycles. The highest BCUT2D eigenvalue weighted by atomic mass is 16.5. The second-order valence-corrected chi connectivity index (χ2v) is 5.07. The quantitative estimate of drug-likeness (QED) is 0.678. The van der Waals surface area contributed by atoms with Crippen LogP contribution in [0.5, 0.6) is 0 Å². The molecule has 0 spiro atoms. The van der Waals surface area contributed by atoms with Gasteiger partial charge in [-0.25, -0.2) is 9.97 Å². The van der Waals surface area contributed by atoms with Gasteiger partial charge < -0.3 is 15.2 Å². The van der Waals surface area contributed by atoms with E-state index >= 15 is 0 Å². The summed E-state index contributed by atoms with van der Waals surface area (Å²) in [6, 6.07) is 1.80. The first-order valence-corrected chi connectivity index (χ1v) is 7.05. The lowest BCUT2D eigenvalue weighted by molar-refractivity contribution is -0.00153. The average molecular weight is 291 g/mol. The van der Waals surface area contributed by atoms with Crippen molar-refractivity contribution in [3.63, 3.8) is 0 Å². The predicted octanol–water partition coefficient (Wildman–Crippen LogP) is 1.71. The number of aliphatic hydroxyl groups is 1. The first-order chi connectivity index (χ1) is 10.1. The molecule has 5 nitrogen and oxygen atoms in total. The van der Waals surface area contributed by atoms with Gasteiger partial charge in [0.2, 0.25) is 0 Å². The summed E-state index contributed by atoms with van der Waals surface area (Å²) in [6.45, 7) is 9.00. The van der Waals surface area contributed by atoms with Gasteiger partial charge in [-0.3, -0.25) is 0 Å². The zero-order chi connectivity index (χ0) is 15.7. The molecular formula is C16H25N3O2. The van der Waals surface area contributed by atoms with Gasteiger partial charge in [0, 0.05) is 32.0 Å². The molecule has 0 amide bonds. The first-order valence-electron chi connectivity index (χ1n) is 7.05. The molecule has 0 aromatic carbocycles. The van der Waals surface area contributed by atoms with Crippen molar-refractivity contribution in [1.29, 1.82) is 0 Å². The van der Waals surface area contributed by atoms with Crippen LogP contribution in [0.4, 0.5) is 0 Å². The molecule has 0 saturated heterocycles. The van der Waals surface area contributed by atoms with E-state index in [1.807, 2.05) is 19.9 Å². The molecule has 0 aliphatic rings. The fraction of sp³-hybridized carbons (Fsp3) is 0.500. The lowest BCUT2D eigenvalue weighted by Crippen LogP contribution is -2.31. The Hall–Kier alpha value is -1.56. The average Bonchev–Trinajstić information content (AvgIpc) is 2.49. The molecule has 0 bridgehead atoms. The standard InChI is InChI=1S/C16H25N3O2/c1-5-14(21-4)16(20)13(3)9-12(2)10-17-11-15-18-7-6-8-19-15/h5-9,13-14,16-17,20H,1,10-11H2,2-4H3/t13-,14+,16+/m1/s1. The van der Waals surface area contributed by atoms with Gasteiger partial charge in [-0.1, -0.05) is 24.6 Å². The Bertz CT molecular complexity index is 448. The molecular weight excluding hydrogens is 266 g/mol. The van der Waals surface area contributed by atoms with Crippen molar-refractivity contribution < 1.29 is 9.84 Å². The Morgan fingerprint density at radius 1 is 1.48 bits per heavy atom. The van der Waals surface area contributed by atoms with Gasteiger partial charge in [-0.05, 0) is 13.0 Å². The summed E-state index contributed by atoms with van der Waals surface area (Å²) in [6.07, 6.45) is 6.17. The molecule has 2 N–H and O–H groups in total. The van der Waals surface area contributed by atoms with Crippen LogP contribution in [0.15, 0.2) is 42.8 Å². The van der Waals surface area contributed by atoms with Crippen molar-refractivity contribution in [2.75, 3.05) is 13.7 Å². The maximum Gasteiger partial charge on any atom is 0.141 e. The summed E-state index contributed by atoms with van der Waals surface area (Å²) in [5, 5.41) is 13.4.